The van der Waals surface area contributed by atoms with Gasteiger partial charge in [0.2, 0.25) is 0 Å². The molecule has 0 spiro atoms. The molecule has 16 heavy (non-hydrogen) atoms. The number of ether oxygens (including phenoxy) is 1. The zero-order valence-corrected chi connectivity index (χ0v) is 9.09. The van der Waals surface area contributed by atoms with Crippen LogP contribution in [0.1, 0.15) is 11.1 Å². The molecule has 0 aliphatic carbocycles. The molecule has 0 aliphatic heterocycles. The van der Waals surface area contributed by atoms with Crippen LogP contribution in [-0.2, 0) is 16.0 Å². The molecule has 1 aromatic carbocycles. The molecule has 1 rings (SSSR count). The Labute approximate surface area is 92.2 Å². The Bertz CT molecular complexity index is 407. The monoisotopic (exact) mass is 229 g/mol. The third-order valence-electron chi connectivity index (χ3n) is 2.40. The van der Waals surface area contributed by atoms with Crippen molar-refractivity contribution in [3.05, 3.63) is 34.9 Å². The Balaban J connectivity index is 2.90. The SMILES string of the molecule is COC(=O)C(N)Cc1ccc(F)c(F)c1C. The summed E-state index contributed by atoms with van der Waals surface area (Å²) in [4.78, 5) is 11.1. The normalized spacial score (nSPS) is 12.3. The number of rotatable bonds is 3. The van der Waals surface area contributed by atoms with Crippen molar-refractivity contribution in [3.8, 4) is 0 Å². The number of methoxy groups -OCH3 is 1. The minimum atomic E-state index is -0.909. The van der Waals surface area contributed by atoms with Crippen molar-refractivity contribution in [1.29, 1.82) is 0 Å². The smallest absolute Gasteiger partial charge is 0.322 e. The van der Waals surface area contributed by atoms with Gasteiger partial charge in [-0.3, -0.25) is 4.79 Å². The molecule has 88 valence electrons. The average Bonchev–Trinajstić information content (AvgIpc) is 2.28. The van der Waals surface area contributed by atoms with Crippen LogP contribution >= 0.6 is 0 Å². The van der Waals surface area contributed by atoms with E-state index in [0.717, 1.165) is 6.07 Å². The van der Waals surface area contributed by atoms with Crippen molar-refractivity contribution in [2.75, 3.05) is 7.11 Å². The zero-order valence-electron chi connectivity index (χ0n) is 9.09. The van der Waals surface area contributed by atoms with Crippen LogP contribution < -0.4 is 5.73 Å². The molecule has 0 fully saturated rings. The van der Waals surface area contributed by atoms with Gasteiger partial charge in [-0.25, -0.2) is 8.78 Å². The van der Waals surface area contributed by atoms with Crippen LogP contribution in [0.15, 0.2) is 12.1 Å². The molecule has 0 radical (unpaired) electrons. The predicted octanol–water partition coefficient (Wildman–Crippen LogP) is 1.32. The van der Waals surface area contributed by atoms with E-state index in [2.05, 4.69) is 4.74 Å². The Morgan fingerprint density at radius 2 is 2.12 bits per heavy atom. The van der Waals surface area contributed by atoms with Crippen LogP contribution in [0.3, 0.4) is 0 Å². The number of hydrogen-bond donors (Lipinski definition) is 1. The third kappa shape index (κ3) is 2.55. The molecule has 0 bridgehead atoms. The van der Waals surface area contributed by atoms with E-state index in [1.165, 1.54) is 20.1 Å². The van der Waals surface area contributed by atoms with E-state index < -0.39 is 23.6 Å². The first-order valence-electron chi connectivity index (χ1n) is 4.74. The van der Waals surface area contributed by atoms with Crippen LogP contribution in [0.2, 0.25) is 0 Å². The molecule has 0 heterocycles. The lowest BCUT2D eigenvalue weighted by molar-refractivity contribution is -0.142. The first kappa shape index (κ1) is 12.6. The van der Waals surface area contributed by atoms with Gasteiger partial charge in [0.25, 0.3) is 0 Å². The van der Waals surface area contributed by atoms with Gasteiger partial charge in [0.1, 0.15) is 6.04 Å². The van der Waals surface area contributed by atoms with Crippen molar-refractivity contribution in [2.24, 2.45) is 5.73 Å². The highest BCUT2D eigenvalue weighted by Gasteiger charge is 2.17. The summed E-state index contributed by atoms with van der Waals surface area (Å²) in [7, 11) is 1.22. The number of carbonyl (C=O) groups is 1. The fourth-order valence-electron chi connectivity index (χ4n) is 1.38. The summed E-state index contributed by atoms with van der Waals surface area (Å²) in [5, 5.41) is 0. The molecular formula is C11H13F2NO2. The van der Waals surface area contributed by atoms with Gasteiger partial charge < -0.3 is 10.5 Å². The van der Waals surface area contributed by atoms with Crippen molar-refractivity contribution in [3.63, 3.8) is 0 Å². The van der Waals surface area contributed by atoms with Gasteiger partial charge in [0.05, 0.1) is 7.11 Å². The number of carbonyl (C=O) groups excluding carboxylic acids is 1. The molecule has 1 atom stereocenters. The predicted molar refractivity (Wildman–Crippen MR) is 54.8 cm³/mol. The van der Waals surface area contributed by atoms with Gasteiger partial charge in [0.15, 0.2) is 11.6 Å². The summed E-state index contributed by atoms with van der Waals surface area (Å²) in [5.74, 6) is -2.40. The fraction of sp³-hybridized carbons (Fsp3) is 0.364. The van der Waals surface area contributed by atoms with Crippen LogP contribution in [0.4, 0.5) is 8.78 Å². The first-order valence-corrected chi connectivity index (χ1v) is 4.74. The van der Waals surface area contributed by atoms with Gasteiger partial charge in [-0.2, -0.15) is 0 Å². The molecule has 0 amide bonds. The lowest BCUT2D eigenvalue weighted by atomic mass is 10.0. The van der Waals surface area contributed by atoms with E-state index in [-0.39, 0.29) is 12.0 Å². The summed E-state index contributed by atoms with van der Waals surface area (Å²) < 4.78 is 30.5. The lowest BCUT2D eigenvalue weighted by Gasteiger charge is -2.11. The molecule has 0 aliphatic rings. The van der Waals surface area contributed by atoms with E-state index in [0.29, 0.717) is 5.56 Å². The highest BCUT2D eigenvalue weighted by molar-refractivity contribution is 5.75. The summed E-state index contributed by atoms with van der Waals surface area (Å²) >= 11 is 0. The standard InChI is InChI=1S/C11H13F2NO2/c1-6-7(3-4-8(12)10(6)13)5-9(14)11(15)16-2/h3-4,9H,5,14H2,1-2H3. The minimum Gasteiger partial charge on any atom is -0.468 e. The van der Waals surface area contributed by atoms with Gasteiger partial charge in [-0.15, -0.1) is 0 Å². The molecule has 0 aromatic heterocycles. The highest BCUT2D eigenvalue weighted by Crippen LogP contribution is 2.17. The highest BCUT2D eigenvalue weighted by atomic mass is 19.2. The molecule has 0 saturated heterocycles. The largest absolute Gasteiger partial charge is 0.468 e. The lowest BCUT2D eigenvalue weighted by Crippen LogP contribution is -2.33. The topological polar surface area (TPSA) is 52.3 Å². The number of esters is 1. The van der Waals surface area contributed by atoms with Crippen LogP contribution in [0.25, 0.3) is 0 Å². The van der Waals surface area contributed by atoms with Gasteiger partial charge >= 0.3 is 5.97 Å². The molecule has 2 N–H and O–H groups in total. The molecule has 0 saturated carbocycles. The molecular weight excluding hydrogens is 216 g/mol. The maximum atomic E-state index is 13.2. The maximum absolute atomic E-state index is 13.2. The molecule has 5 heteroatoms. The third-order valence-corrected chi connectivity index (χ3v) is 2.40. The Morgan fingerprint density at radius 3 is 2.69 bits per heavy atom. The van der Waals surface area contributed by atoms with E-state index in [1.807, 2.05) is 0 Å². The summed E-state index contributed by atoms with van der Waals surface area (Å²) in [5.41, 5.74) is 6.19. The van der Waals surface area contributed by atoms with Crippen LogP contribution in [0, 0.1) is 18.6 Å². The van der Waals surface area contributed by atoms with E-state index in [1.54, 1.807) is 0 Å². The first-order chi connectivity index (χ1) is 7.47. The second kappa shape index (κ2) is 5.03. The fourth-order valence-corrected chi connectivity index (χ4v) is 1.38. The van der Waals surface area contributed by atoms with Gasteiger partial charge in [0, 0.05) is 0 Å². The van der Waals surface area contributed by atoms with Crippen molar-refractivity contribution >= 4 is 5.97 Å². The number of nitrogens with two attached hydrogens (primary N) is 1. The summed E-state index contributed by atoms with van der Waals surface area (Å²) in [6, 6.07) is 1.56. The average molecular weight is 229 g/mol. The Hall–Kier alpha value is -1.49. The quantitative estimate of drug-likeness (QED) is 0.795. The van der Waals surface area contributed by atoms with Crippen LogP contribution in [-0.4, -0.2) is 19.1 Å². The van der Waals surface area contributed by atoms with E-state index >= 15 is 0 Å². The van der Waals surface area contributed by atoms with Gasteiger partial charge in [-0.1, -0.05) is 6.07 Å². The van der Waals surface area contributed by atoms with E-state index in [4.69, 9.17) is 5.73 Å². The van der Waals surface area contributed by atoms with E-state index in [9.17, 15) is 13.6 Å². The molecule has 1 unspecified atom stereocenters. The minimum absolute atomic E-state index is 0.121. The zero-order chi connectivity index (χ0) is 12.3. The summed E-state index contributed by atoms with van der Waals surface area (Å²) in [6.07, 6.45) is 0.121. The summed E-state index contributed by atoms with van der Waals surface area (Å²) in [6.45, 7) is 1.44. The molecule has 1 aromatic rings. The molecule has 3 nitrogen and oxygen atoms in total. The van der Waals surface area contributed by atoms with Crippen molar-refractivity contribution in [1.82, 2.24) is 0 Å². The number of halogens is 2. The van der Waals surface area contributed by atoms with Crippen LogP contribution in [0.5, 0.6) is 0 Å². The second-order valence-electron chi connectivity index (χ2n) is 3.48. The number of benzene rings is 1. The van der Waals surface area contributed by atoms with Crippen molar-refractivity contribution in [2.45, 2.75) is 19.4 Å². The Morgan fingerprint density at radius 1 is 1.50 bits per heavy atom. The van der Waals surface area contributed by atoms with Gasteiger partial charge in [-0.05, 0) is 30.5 Å². The Kier molecular flexibility index (Phi) is 3.95. The number of hydrogen-bond acceptors (Lipinski definition) is 3. The van der Waals surface area contributed by atoms with Crippen molar-refractivity contribution < 1.29 is 18.3 Å². The maximum Gasteiger partial charge on any atom is 0.322 e. The second-order valence-corrected chi connectivity index (χ2v) is 3.48.